The molecule has 1 atom stereocenters. The van der Waals surface area contributed by atoms with E-state index in [1.165, 1.54) is 18.4 Å². The van der Waals surface area contributed by atoms with Gasteiger partial charge in [-0.05, 0) is 55.1 Å². The average molecular weight is 425 g/mol. The highest BCUT2D eigenvalue weighted by Gasteiger charge is 2.17. The zero-order valence-electron chi connectivity index (χ0n) is 17.0. The summed E-state index contributed by atoms with van der Waals surface area (Å²) in [7, 11) is 0. The van der Waals surface area contributed by atoms with Crippen molar-refractivity contribution < 1.29 is 9.32 Å². The second kappa shape index (κ2) is 9.41. The van der Waals surface area contributed by atoms with Crippen LogP contribution in [0, 0.1) is 5.92 Å². The first kappa shape index (κ1) is 20.6. The summed E-state index contributed by atoms with van der Waals surface area (Å²) in [6.45, 7) is 5.68. The number of aromatic nitrogens is 2. The Morgan fingerprint density at radius 2 is 2.03 bits per heavy atom. The van der Waals surface area contributed by atoms with Gasteiger partial charge in [0.05, 0.1) is 11.6 Å². The van der Waals surface area contributed by atoms with Gasteiger partial charge in [0.1, 0.15) is 0 Å². The summed E-state index contributed by atoms with van der Waals surface area (Å²) in [5, 5.41) is 7.32. The molecule has 0 saturated carbocycles. The Labute approximate surface area is 181 Å². The summed E-state index contributed by atoms with van der Waals surface area (Å²) < 4.78 is 5.23. The number of halogens is 1. The van der Waals surface area contributed by atoms with E-state index in [9.17, 15) is 4.79 Å². The normalized spacial score (nSPS) is 17.1. The summed E-state index contributed by atoms with van der Waals surface area (Å²) in [5.74, 6) is 1.31. The first-order valence-corrected chi connectivity index (χ1v) is 10.6. The molecule has 1 aromatic heterocycles. The summed E-state index contributed by atoms with van der Waals surface area (Å²) >= 11 is 6.16. The van der Waals surface area contributed by atoms with Gasteiger partial charge in [0.2, 0.25) is 11.7 Å². The van der Waals surface area contributed by atoms with Crippen molar-refractivity contribution in [2.24, 2.45) is 5.92 Å². The molecular formula is C23H25ClN4O2. The molecule has 1 N–H and O–H groups in total. The van der Waals surface area contributed by atoms with Crippen LogP contribution in [0.5, 0.6) is 0 Å². The predicted molar refractivity (Wildman–Crippen MR) is 116 cm³/mol. The zero-order chi connectivity index (χ0) is 20.9. The van der Waals surface area contributed by atoms with Crippen molar-refractivity contribution in [2.45, 2.75) is 32.9 Å². The van der Waals surface area contributed by atoms with E-state index in [-0.39, 0.29) is 12.5 Å². The Balaban J connectivity index is 1.32. The molecule has 6 nitrogen and oxygen atoms in total. The minimum atomic E-state index is -0.175. The van der Waals surface area contributed by atoms with Crippen molar-refractivity contribution in [3.05, 3.63) is 70.6 Å². The Morgan fingerprint density at radius 3 is 2.80 bits per heavy atom. The van der Waals surface area contributed by atoms with Gasteiger partial charge in [0.15, 0.2) is 0 Å². The highest BCUT2D eigenvalue weighted by Crippen LogP contribution is 2.24. The maximum absolute atomic E-state index is 12.5. The van der Waals surface area contributed by atoms with E-state index in [4.69, 9.17) is 16.1 Å². The maximum Gasteiger partial charge on any atom is 0.251 e. The molecule has 1 aliphatic rings. The molecular weight excluding hydrogens is 400 g/mol. The number of hydrogen-bond donors (Lipinski definition) is 1. The lowest BCUT2D eigenvalue weighted by molar-refractivity contribution is 0.0946. The van der Waals surface area contributed by atoms with Gasteiger partial charge < -0.3 is 9.84 Å². The number of carbonyl (C=O) groups is 1. The number of benzene rings is 2. The molecule has 1 aliphatic heterocycles. The molecule has 0 unspecified atom stereocenters. The molecule has 0 bridgehead atoms. The van der Waals surface area contributed by atoms with Crippen molar-refractivity contribution in [3.8, 4) is 11.4 Å². The van der Waals surface area contributed by atoms with Crippen molar-refractivity contribution in [1.82, 2.24) is 20.4 Å². The quantitative estimate of drug-likeness (QED) is 0.628. The minimum absolute atomic E-state index is 0.156. The van der Waals surface area contributed by atoms with E-state index in [2.05, 4.69) is 27.3 Å². The molecule has 2 heterocycles. The van der Waals surface area contributed by atoms with Crippen LogP contribution < -0.4 is 5.32 Å². The average Bonchev–Trinajstić information content (AvgIpc) is 3.22. The molecule has 7 heteroatoms. The topological polar surface area (TPSA) is 71.3 Å². The minimum Gasteiger partial charge on any atom is -0.343 e. The SMILES string of the molecule is C[C@@H]1CCCN(Cc2ccc(C(=O)NCc3nc(-c4ccccc4Cl)no3)cc2)C1. The molecule has 30 heavy (non-hydrogen) atoms. The molecule has 0 aliphatic carbocycles. The van der Waals surface area contributed by atoms with Crippen LogP contribution in [0.4, 0.5) is 0 Å². The van der Waals surface area contributed by atoms with E-state index < -0.39 is 0 Å². The number of nitrogens with one attached hydrogen (secondary N) is 1. The molecule has 1 fully saturated rings. The fourth-order valence-electron chi connectivity index (χ4n) is 3.79. The van der Waals surface area contributed by atoms with E-state index in [1.54, 1.807) is 6.07 Å². The van der Waals surface area contributed by atoms with E-state index >= 15 is 0 Å². The number of hydrogen-bond acceptors (Lipinski definition) is 5. The Bertz CT molecular complexity index is 1000. The monoisotopic (exact) mass is 424 g/mol. The Hall–Kier alpha value is -2.70. The molecule has 1 saturated heterocycles. The van der Waals surface area contributed by atoms with Gasteiger partial charge in [-0.2, -0.15) is 4.98 Å². The predicted octanol–water partition coefficient (Wildman–Crippen LogP) is 4.55. The molecule has 3 aromatic rings. The van der Waals surface area contributed by atoms with Gasteiger partial charge in [-0.3, -0.25) is 9.69 Å². The summed E-state index contributed by atoms with van der Waals surface area (Å²) in [4.78, 5) is 19.3. The first-order valence-electron chi connectivity index (χ1n) is 10.3. The van der Waals surface area contributed by atoms with Crippen LogP contribution >= 0.6 is 11.6 Å². The van der Waals surface area contributed by atoms with Crippen LogP contribution in [0.2, 0.25) is 5.02 Å². The summed E-state index contributed by atoms with van der Waals surface area (Å²) in [5.41, 5.74) is 2.53. The second-order valence-corrected chi connectivity index (χ2v) is 8.26. The summed E-state index contributed by atoms with van der Waals surface area (Å²) in [6.07, 6.45) is 2.57. The number of amides is 1. The van der Waals surface area contributed by atoms with Gasteiger partial charge in [-0.1, -0.05) is 47.9 Å². The molecule has 0 spiro atoms. The smallest absolute Gasteiger partial charge is 0.251 e. The number of rotatable bonds is 6. The first-order chi connectivity index (χ1) is 14.6. The highest BCUT2D eigenvalue weighted by atomic mass is 35.5. The van der Waals surface area contributed by atoms with Crippen molar-refractivity contribution in [3.63, 3.8) is 0 Å². The lowest BCUT2D eigenvalue weighted by Gasteiger charge is -2.30. The number of piperidine rings is 1. The van der Waals surface area contributed by atoms with E-state index in [0.29, 0.717) is 27.9 Å². The molecule has 156 valence electrons. The van der Waals surface area contributed by atoms with Gasteiger partial charge in [-0.15, -0.1) is 0 Å². The third-order valence-electron chi connectivity index (χ3n) is 5.35. The Morgan fingerprint density at radius 1 is 1.23 bits per heavy atom. The van der Waals surface area contributed by atoms with Crippen molar-refractivity contribution in [1.29, 1.82) is 0 Å². The van der Waals surface area contributed by atoms with E-state index in [0.717, 1.165) is 25.6 Å². The van der Waals surface area contributed by atoms with Crippen LogP contribution in [0.3, 0.4) is 0 Å². The number of carbonyl (C=O) groups excluding carboxylic acids is 1. The zero-order valence-corrected chi connectivity index (χ0v) is 17.7. The third kappa shape index (κ3) is 5.07. The summed E-state index contributed by atoms with van der Waals surface area (Å²) in [6, 6.07) is 15.1. The number of nitrogens with zero attached hydrogens (tertiary/aromatic N) is 3. The second-order valence-electron chi connectivity index (χ2n) is 7.85. The fourth-order valence-corrected chi connectivity index (χ4v) is 4.01. The van der Waals surface area contributed by atoms with Gasteiger partial charge in [-0.25, -0.2) is 0 Å². The Kier molecular flexibility index (Phi) is 6.45. The lowest BCUT2D eigenvalue weighted by Crippen LogP contribution is -2.33. The number of likely N-dealkylation sites (tertiary alicyclic amines) is 1. The molecule has 1 amide bonds. The van der Waals surface area contributed by atoms with Gasteiger partial charge >= 0.3 is 0 Å². The van der Waals surface area contributed by atoms with E-state index in [1.807, 2.05) is 42.5 Å². The van der Waals surface area contributed by atoms with Crippen LogP contribution in [0.1, 0.15) is 41.6 Å². The van der Waals surface area contributed by atoms with Crippen LogP contribution in [0.25, 0.3) is 11.4 Å². The van der Waals surface area contributed by atoms with Gasteiger partial charge in [0.25, 0.3) is 5.91 Å². The van der Waals surface area contributed by atoms with Crippen LogP contribution in [0.15, 0.2) is 53.1 Å². The third-order valence-corrected chi connectivity index (χ3v) is 5.68. The van der Waals surface area contributed by atoms with Crippen LogP contribution in [-0.2, 0) is 13.1 Å². The van der Waals surface area contributed by atoms with Crippen LogP contribution in [-0.4, -0.2) is 34.0 Å². The van der Waals surface area contributed by atoms with Crippen molar-refractivity contribution in [2.75, 3.05) is 13.1 Å². The van der Waals surface area contributed by atoms with Crippen molar-refractivity contribution >= 4 is 17.5 Å². The standard InChI is InChI=1S/C23H25ClN4O2/c1-16-5-4-12-28(14-16)15-17-8-10-18(11-9-17)23(29)25-13-21-26-22(27-30-21)19-6-2-3-7-20(19)24/h2-3,6-11,16H,4-5,12-15H2,1H3,(H,25,29)/t16-/m1/s1. The highest BCUT2D eigenvalue weighted by molar-refractivity contribution is 6.33. The fraction of sp³-hybridized carbons (Fsp3) is 0.348. The van der Waals surface area contributed by atoms with Gasteiger partial charge in [0, 0.05) is 24.2 Å². The largest absolute Gasteiger partial charge is 0.343 e. The maximum atomic E-state index is 12.5. The molecule has 4 rings (SSSR count). The molecule has 2 aromatic carbocycles. The molecule has 0 radical (unpaired) electrons. The lowest BCUT2D eigenvalue weighted by atomic mass is 9.99.